The van der Waals surface area contributed by atoms with Crippen LogP contribution in [0.1, 0.15) is 35.8 Å². The van der Waals surface area contributed by atoms with Crippen LogP contribution in [0.25, 0.3) is 22.3 Å². The maximum Gasteiger partial charge on any atom is 0.339 e. The number of carbonyl (C=O) groups excluding carboxylic acids is 2. The Hall–Kier alpha value is -4.00. The number of benzene rings is 2. The minimum Gasteiger partial charge on any atom is -0.452 e. The molecule has 0 unspecified atom stereocenters. The zero-order valence-electron chi connectivity index (χ0n) is 18.2. The van der Waals surface area contributed by atoms with E-state index in [2.05, 4.69) is 10.4 Å². The predicted octanol–water partition coefficient (Wildman–Crippen LogP) is 4.78. The molecule has 0 fully saturated rings. The molecule has 0 atom stereocenters. The molecule has 0 bridgehead atoms. The number of nitrogens with one attached hydrogen (secondary N) is 1. The molecule has 0 radical (unpaired) electrons. The summed E-state index contributed by atoms with van der Waals surface area (Å²) in [5.74, 6) is -1.01. The first kappa shape index (κ1) is 21.2. The molecule has 2 aromatic heterocycles. The van der Waals surface area contributed by atoms with Gasteiger partial charge in [-0.3, -0.25) is 4.79 Å². The van der Waals surface area contributed by atoms with Crippen LogP contribution in [0.15, 0.2) is 66.9 Å². The summed E-state index contributed by atoms with van der Waals surface area (Å²) in [6.45, 7) is 5.54. The molecule has 0 aliphatic heterocycles. The highest BCUT2D eigenvalue weighted by molar-refractivity contribution is 6.04. The van der Waals surface area contributed by atoms with E-state index in [0.29, 0.717) is 28.0 Å². The van der Waals surface area contributed by atoms with Crippen molar-refractivity contribution in [3.05, 3.63) is 78.0 Å². The monoisotopic (exact) mass is 428 g/mol. The van der Waals surface area contributed by atoms with Gasteiger partial charge in [-0.2, -0.15) is 5.10 Å². The Kier molecular flexibility index (Phi) is 5.98. The summed E-state index contributed by atoms with van der Waals surface area (Å²) >= 11 is 0. The number of carbonyl (C=O) groups is 2. The van der Waals surface area contributed by atoms with E-state index < -0.39 is 18.5 Å². The van der Waals surface area contributed by atoms with Gasteiger partial charge in [0, 0.05) is 17.3 Å². The molecule has 2 aromatic carbocycles. The first-order valence-corrected chi connectivity index (χ1v) is 10.4. The molecular weight excluding hydrogens is 404 g/mol. The number of aromatic nitrogens is 3. The lowest BCUT2D eigenvalue weighted by Gasteiger charge is -2.11. The molecule has 162 valence electrons. The van der Waals surface area contributed by atoms with Crippen molar-refractivity contribution in [3.63, 3.8) is 0 Å². The molecule has 0 saturated carbocycles. The Morgan fingerprint density at radius 3 is 2.56 bits per heavy atom. The Morgan fingerprint density at radius 1 is 1.06 bits per heavy atom. The van der Waals surface area contributed by atoms with E-state index >= 15 is 0 Å². The number of ether oxygens (including phenoxy) is 1. The summed E-state index contributed by atoms with van der Waals surface area (Å²) in [5, 5.41) is 7.72. The van der Waals surface area contributed by atoms with Gasteiger partial charge in [-0.05, 0) is 44.5 Å². The number of amides is 1. The van der Waals surface area contributed by atoms with Crippen molar-refractivity contribution < 1.29 is 14.3 Å². The summed E-state index contributed by atoms with van der Waals surface area (Å²) < 4.78 is 7.11. The van der Waals surface area contributed by atoms with E-state index in [1.54, 1.807) is 23.0 Å². The number of hydrogen-bond donors (Lipinski definition) is 1. The van der Waals surface area contributed by atoms with Gasteiger partial charge in [0.1, 0.15) is 0 Å². The van der Waals surface area contributed by atoms with Crippen LogP contribution < -0.4 is 5.32 Å². The number of fused-ring (bicyclic) bond motifs is 1. The van der Waals surface area contributed by atoms with Crippen LogP contribution in [-0.2, 0) is 9.53 Å². The topological polar surface area (TPSA) is 86.1 Å². The van der Waals surface area contributed by atoms with Crippen molar-refractivity contribution in [1.29, 1.82) is 0 Å². The number of rotatable bonds is 6. The summed E-state index contributed by atoms with van der Waals surface area (Å²) in [6, 6.07) is 18.8. The first-order valence-electron chi connectivity index (χ1n) is 10.4. The van der Waals surface area contributed by atoms with Crippen molar-refractivity contribution >= 4 is 28.6 Å². The average molecular weight is 428 g/mol. The normalized spacial score (nSPS) is 11.0. The second kappa shape index (κ2) is 9.01. The van der Waals surface area contributed by atoms with Gasteiger partial charge in [0.15, 0.2) is 12.3 Å². The second-order valence-electron chi connectivity index (χ2n) is 7.84. The Labute approximate surface area is 186 Å². The first-order chi connectivity index (χ1) is 15.4. The summed E-state index contributed by atoms with van der Waals surface area (Å²) in [7, 11) is 0. The minimum atomic E-state index is -0.600. The summed E-state index contributed by atoms with van der Waals surface area (Å²) in [6.07, 6.45) is 1.61. The molecule has 2 heterocycles. The van der Waals surface area contributed by atoms with Gasteiger partial charge in [-0.25, -0.2) is 14.5 Å². The Morgan fingerprint density at radius 2 is 1.84 bits per heavy atom. The standard InChI is InChI=1S/C25H24N4O3/c1-16(2)29-24-21(14-26-29)20(13-22(28-24)18-9-5-4-6-10-18)25(31)32-15-23(30)27-19-11-7-8-17(3)12-19/h4-14,16H,15H2,1-3H3,(H,27,30). The van der Waals surface area contributed by atoms with Gasteiger partial charge < -0.3 is 10.1 Å². The lowest BCUT2D eigenvalue weighted by molar-refractivity contribution is -0.119. The zero-order chi connectivity index (χ0) is 22.7. The van der Waals surface area contributed by atoms with Gasteiger partial charge in [-0.15, -0.1) is 0 Å². The van der Waals surface area contributed by atoms with E-state index in [9.17, 15) is 9.59 Å². The molecule has 32 heavy (non-hydrogen) atoms. The molecule has 1 N–H and O–H groups in total. The lowest BCUT2D eigenvalue weighted by Crippen LogP contribution is -2.21. The molecule has 1 amide bonds. The van der Waals surface area contributed by atoms with Crippen LogP contribution in [0.3, 0.4) is 0 Å². The molecule has 0 aliphatic carbocycles. The van der Waals surface area contributed by atoms with Gasteiger partial charge in [0.2, 0.25) is 0 Å². The summed E-state index contributed by atoms with van der Waals surface area (Å²) in [4.78, 5) is 30.0. The Bertz CT molecular complexity index is 1280. The number of aryl methyl sites for hydroxylation is 1. The third-order valence-electron chi connectivity index (χ3n) is 4.98. The third kappa shape index (κ3) is 4.51. The second-order valence-corrected chi connectivity index (χ2v) is 7.84. The van der Waals surface area contributed by atoms with Crippen LogP contribution in [0, 0.1) is 6.92 Å². The number of anilines is 1. The summed E-state index contributed by atoms with van der Waals surface area (Å²) in [5.41, 5.74) is 4.10. The molecule has 7 nitrogen and oxygen atoms in total. The SMILES string of the molecule is Cc1cccc(NC(=O)COC(=O)c2cc(-c3ccccc3)nc3c2cnn3C(C)C)c1. The average Bonchev–Trinajstić information content (AvgIpc) is 3.22. The smallest absolute Gasteiger partial charge is 0.339 e. The molecule has 0 spiro atoms. The number of pyridine rings is 1. The van der Waals surface area contributed by atoms with E-state index in [-0.39, 0.29) is 6.04 Å². The van der Waals surface area contributed by atoms with Crippen LogP contribution >= 0.6 is 0 Å². The maximum atomic E-state index is 13.0. The molecule has 4 rings (SSSR count). The number of hydrogen-bond acceptors (Lipinski definition) is 5. The zero-order valence-corrected chi connectivity index (χ0v) is 18.2. The van der Waals surface area contributed by atoms with E-state index in [1.807, 2.05) is 69.3 Å². The molecule has 7 heteroatoms. The fourth-order valence-electron chi connectivity index (χ4n) is 3.45. The minimum absolute atomic E-state index is 0.0648. The number of esters is 1. The number of nitrogens with zero attached hydrogens (tertiary/aromatic N) is 3. The highest BCUT2D eigenvalue weighted by atomic mass is 16.5. The lowest BCUT2D eigenvalue weighted by atomic mass is 10.1. The van der Waals surface area contributed by atoms with E-state index in [0.717, 1.165) is 11.1 Å². The van der Waals surface area contributed by atoms with Crippen molar-refractivity contribution in [2.45, 2.75) is 26.8 Å². The fourth-order valence-corrected chi connectivity index (χ4v) is 3.45. The van der Waals surface area contributed by atoms with E-state index in [1.165, 1.54) is 0 Å². The highest BCUT2D eigenvalue weighted by Gasteiger charge is 2.20. The van der Waals surface area contributed by atoms with Crippen LogP contribution in [0.4, 0.5) is 5.69 Å². The molecule has 0 saturated heterocycles. The van der Waals surface area contributed by atoms with Crippen molar-refractivity contribution in [2.24, 2.45) is 0 Å². The molecular formula is C25H24N4O3. The van der Waals surface area contributed by atoms with Crippen molar-refractivity contribution in [2.75, 3.05) is 11.9 Å². The predicted molar refractivity (Wildman–Crippen MR) is 123 cm³/mol. The molecule has 0 aliphatic rings. The van der Waals surface area contributed by atoms with E-state index in [4.69, 9.17) is 9.72 Å². The van der Waals surface area contributed by atoms with Gasteiger partial charge in [0.05, 0.1) is 22.8 Å². The Balaban J connectivity index is 1.60. The highest BCUT2D eigenvalue weighted by Crippen LogP contribution is 2.26. The van der Waals surface area contributed by atoms with Gasteiger partial charge >= 0.3 is 5.97 Å². The quantitative estimate of drug-likeness (QED) is 0.447. The van der Waals surface area contributed by atoms with Gasteiger partial charge in [0.25, 0.3) is 5.91 Å². The largest absolute Gasteiger partial charge is 0.452 e. The van der Waals surface area contributed by atoms with Gasteiger partial charge in [-0.1, -0.05) is 42.5 Å². The molecule has 4 aromatic rings. The van der Waals surface area contributed by atoms with Crippen LogP contribution in [0.5, 0.6) is 0 Å². The maximum absolute atomic E-state index is 13.0. The third-order valence-corrected chi connectivity index (χ3v) is 4.98. The van der Waals surface area contributed by atoms with Crippen LogP contribution in [-0.4, -0.2) is 33.2 Å². The fraction of sp³-hybridized carbons (Fsp3) is 0.200. The van der Waals surface area contributed by atoms with Crippen molar-refractivity contribution in [3.8, 4) is 11.3 Å². The van der Waals surface area contributed by atoms with Crippen LogP contribution in [0.2, 0.25) is 0 Å². The van der Waals surface area contributed by atoms with Crippen molar-refractivity contribution in [1.82, 2.24) is 14.8 Å².